The first-order chi connectivity index (χ1) is 10.1. The summed E-state index contributed by atoms with van der Waals surface area (Å²) in [7, 11) is 0. The van der Waals surface area contributed by atoms with Gasteiger partial charge >= 0.3 is 0 Å². The van der Waals surface area contributed by atoms with Gasteiger partial charge < -0.3 is 10.2 Å². The number of nitrogens with zero attached hydrogens (tertiary/aromatic N) is 1. The first-order valence-electron chi connectivity index (χ1n) is 8.33. The molecule has 1 aromatic rings. The van der Waals surface area contributed by atoms with E-state index in [1.165, 1.54) is 42.4 Å². The second kappa shape index (κ2) is 8.30. The van der Waals surface area contributed by atoms with Crippen LogP contribution < -0.4 is 5.32 Å². The van der Waals surface area contributed by atoms with Gasteiger partial charge in [0.05, 0.1) is 0 Å². The zero-order chi connectivity index (χ0) is 15.2. The van der Waals surface area contributed by atoms with E-state index in [1.807, 2.05) is 0 Å². The van der Waals surface area contributed by atoms with E-state index in [1.54, 1.807) is 0 Å². The molecule has 0 spiro atoms. The van der Waals surface area contributed by atoms with Crippen molar-refractivity contribution in [3.63, 3.8) is 0 Å². The van der Waals surface area contributed by atoms with E-state index in [2.05, 4.69) is 71.2 Å². The van der Waals surface area contributed by atoms with E-state index in [4.69, 9.17) is 0 Å². The van der Waals surface area contributed by atoms with Crippen LogP contribution in [-0.4, -0.2) is 30.6 Å². The summed E-state index contributed by atoms with van der Waals surface area (Å²) >= 11 is 3.70. The average molecular weight is 353 g/mol. The lowest BCUT2D eigenvalue weighted by atomic mass is 9.93. The maximum Gasteiger partial charge on any atom is 0.0343 e. The molecule has 1 fully saturated rings. The lowest BCUT2D eigenvalue weighted by molar-refractivity contribution is 0.124. The highest BCUT2D eigenvalue weighted by molar-refractivity contribution is 9.10. The number of halogens is 1. The third-order valence-electron chi connectivity index (χ3n) is 4.71. The fourth-order valence-corrected chi connectivity index (χ4v) is 4.02. The van der Waals surface area contributed by atoms with Crippen molar-refractivity contribution in [3.8, 4) is 0 Å². The Labute approximate surface area is 138 Å². The molecule has 3 unspecified atom stereocenters. The standard InChI is InChI=1S/C18H29BrN2/c1-4-20-18(16-7-5-6-8-17(16)19)10-12-21-11-9-14(2)13-15(21)3/h5-8,14-15,18,20H,4,9-13H2,1-3H3. The third-order valence-corrected chi connectivity index (χ3v) is 5.43. The molecule has 0 saturated carbocycles. The molecule has 0 aliphatic carbocycles. The summed E-state index contributed by atoms with van der Waals surface area (Å²) in [4.78, 5) is 2.67. The quantitative estimate of drug-likeness (QED) is 0.803. The summed E-state index contributed by atoms with van der Waals surface area (Å²) in [6.45, 7) is 10.4. The zero-order valence-corrected chi connectivity index (χ0v) is 15.2. The largest absolute Gasteiger partial charge is 0.310 e. The van der Waals surface area contributed by atoms with E-state index in [9.17, 15) is 0 Å². The summed E-state index contributed by atoms with van der Waals surface area (Å²) in [5, 5.41) is 3.65. The van der Waals surface area contributed by atoms with Crippen LogP contribution in [0.25, 0.3) is 0 Å². The summed E-state index contributed by atoms with van der Waals surface area (Å²) in [6, 6.07) is 9.77. The molecule has 2 nitrogen and oxygen atoms in total. The molecule has 2 rings (SSSR count). The average Bonchev–Trinajstić information content (AvgIpc) is 2.46. The molecule has 3 heteroatoms. The highest BCUT2D eigenvalue weighted by Crippen LogP contribution is 2.27. The molecule has 0 bridgehead atoms. The highest BCUT2D eigenvalue weighted by Gasteiger charge is 2.23. The van der Waals surface area contributed by atoms with E-state index in [0.29, 0.717) is 6.04 Å². The molecule has 1 aromatic carbocycles. The number of nitrogens with one attached hydrogen (secondary N) is 1. The van der Waals surface area contributed by atoms with E-state index in [-0.39, 0.29) is 0 Å². The van der Waals surface area contributed by atoms with Crippen molar-refractivity contribution in [1.29, 1.82) is 0 Å². The van der Waals surface area contributed by atoms with Gasteiger partial charge in [-0.3, -0.25) is 0 Å². The summed E-state index contributed by atoms with van der Waals surface area (Å²) < 4.78 is 1.22. The second-order valence-electron chi connectivity index (χ2n) is 6.43. The first-order valence-corrected chi connectivity index (χ1v) is 9.13. The lowest BCUT2D eigenvalue weighted by Crippen LogP contribution is -2.41. The van der Waals surface area contributed by atoms with Crippen LogP contribution >= 0.6 is 15.9 Å². The fraction of sp³-hybridized carbons (Fsp3) is 0.667. The molecule has 118 valence electrons. The maximum atomic E-state index is 3.70. The van der Waals surface area contributed by atoms with E-state index < -0.39 is 0 Å². The van der Waals surface area contributed by atoms with Crippen LogP contribution in [0.2, 0.25) is 0 Å². The molecular formula is C18H29BrN2. The zero-order valence-electron chi connectivity index (χ0n) is 13.6. The van der Waals surface area contributed by atoms with E-state index >= 15 is 0 Å². The summed E-state index contributed by atoms with van der Waals surface area (Å²) in [5.74, 6) is 0.893. The number of piperidine rings is 1. The molecule has 0 aromatic heterocycles. The third kappa shape index (κ3) is 4.80. The topological polar surface area (TPSA) is 15.3 Å². The normalized spacial score (nSPS) is 25.0. The molecule has 0 radical (unpaired) electrons. The Morgan fingerprint density at radius 2 is 2.10 bits per heavy atom. The Kier molecular flexibility index (Phi) is 6.72. The number of hydrogen-bond acceptors (Lipinski definition) is 2. The van der Waals surface area contributed by atoms with Gasteiger partial charge in [0.15, 0.2) is 0 Å². The fourth-order valence-electron chi connectivity index (χ4n) is 3.45. The Bertz CT molecular complexity index is 435. The van der Waals surface area contributed by atoms with Crippen LogP contribution in [0.1, 0.15) is 51.6 Å². The van der Waals surface area contributed by atoms with Crippen molar-refractivity contribution in [2.45, 2.75) is 52.1 Å². The number of benzene rings is 1. The SMILES string of the molecule is CCNC(CCN1CCC(C)CC1C)c1ccccc1Br. The Morgan fingerprint density at radius 1 is 1.33 bits per heavy atom. The highest BCUT2D eigenvalue weighted by atomic mass is 79.9. The van der Waals surface area contributed by atoms with Gasteiger partial charge in [0.25, 0.3) is 0 Å². The molecular weight excluding hydrogens is 324 g/mol. The second-order valence-corrected chi connectivity index (χ2v) is 7.29. The van der Waals surface area contributed by atoms with Crippen molar-refractivity contribution in [2.75, 3.05) is 19.6 Å². The van der Waals surface area contributed by atoms with Crippen molar-refractivity contribution in [1.82, 2.24) is 10.2 Å². The Hall–Kier alpha value is -0.380. The van der Waals surface area contributed by atoms with E-state index in [0.717, 1.165) is 18.5 Å². The van der Waals surface area contributed by atoms with Crippen LogP contribution in [-0.2, 0) is 0 Å². The van der Waals surface area contributed by atoms with Crippen LogP contribution in [0.5, 0.6) is 0 Å². The number of hydrogen-bond donors (Lipinski definition) is 1. The van der Waals surface area contributed by atoms with Gasteiger partial charge in [-0.1, -0.05) is 48.0 Å². The predicted octanol–water partition coefficient (Wildman–Crippen LogP) is 4.61. The minimum absolute atomic E-state index is 0.442. The smallest absolute Gasteiger partial charge is 0.0343 e. The molecule has 21 heavy (non-hydrogen) atoms. The van der Waals surface area contributed by atoms with Gasteiger partial charge in [-0.25, -0.2) is 0 Å². The van der Waals surface area contributed by atoms with Gasteiger partial charge in [-0.05, 0) is 56.8 Å². The van der Waals surface area contributed by atoms with Gasteiger partial charge in [0.1, 0.15) is 0 Å². The van der Waals surface area contributed by atoms with Gasteiger partial charge in [-0.2, -0.15) is 0 Å². The monoisotopic (exact) mass is 352 g/mol. The van der Waals surface area contributed by atoms with Crippen molar-refractivity contribution >= 4 is 15.9 Å². The molecule has 1 saturated heterocycles. The lowest BCUT2D eigenvalue weighted by Gasteiger charge is -2.37. The molecule has 1 N–H and O–H groups in total. The molecule has 1 heterocycles. The van der Waals surface area contributed by atoms with Crippen molar-refractivity contribution in [2.24, 2.45) is 5.92 Å². The molecule has 1 aliphatic heterocycles. The Morgan fingerprint density at radius 3 is 2.76 bits per heavy atom. The van der Waals surface area contributed by atoms with Gasteiger partial charge in [0, 0.05) is 23.1 Å². The molecule has 0 amide bonds. The van der Waals surface area contributed by atoms with Crippen LogP contribution in [0, 0.1) is 5.92 Å². The Balaban J connectivity index is 1.96. The summed E-state index contributed by atoms with van der Waals surface area (Å²) in [5.41, 5.74) is 1.39. The first kappa shape index (κ1) is 17.0. The van der Waals surface area contributed by atoms with Gasteiger partial charge in [-0.15, -0.1) is 0 Å². The van der Waals surface area contributed by atoms with Crippen molar-refractivity contribution in [3.05, 3.63) is 34.3 Å². The molecule has 3 atom stereocenters. The molecule has 1 aliphatic rings. The van der Waals surface area contributed by atoms with Crippen LogP contribution in [0.4, 0.5) is 0 Å². The minimum atomic E-state index is 0.442. The number of rotatable bonds is 6. The van der Waals surface area contributed by atoms with Crippen LogP contribution in [0.3, 0.4) is 0 Å². The van der Waals surface area contributed by atoms with Crippen LogP contribution in [0.15, 0.2) is 28.7 Å². The van der Waals surface area contributed by atoms with Gasteiger partial charge in [0.2, 0.25) is 0 Å². The van der Waals surface area contributed by atoms with Crippen molar-refractivity contribution < 1.29 is 0 Å². The predicted molar refractivity (Wildman–Crippen MR) is 94.6 cm³/mol. The number of likely N-dealkylation sites (tertiary alicyclic amines) is 1. The summed E-state index contributed by atoms with van der Waals surface area (Å²) in [6.07, 6.45) is 3.88. The minimum Gasteiger partial charge on any atom is -0.310 e. The maximum absolute atomic E-state index is 3.70.